The first-order chi connectivity index (χ1) is 0. The summed E-state index contributed by atoms with van der Waals surface area (Å²) in [6.45, 7) is 0. The van der Waals surface area contributed by atoms with Crippen molar-refractivity contribution in [1.82, 2.24) is 0 Å². The maximum Gasteiger partial charge on any atom is 2.00 e. The first-order valence-electron chi connectivity index (χ1n) is 0. The normalized spacial score (nSPS) is 0. The van der Waals surface area contributed by atoms with Crippen LogP contribution in [0.2, 0.25) is 0 Å². The van der Waals surface area contributed by atoms with Gasteiger partial charge in [0, 0.05) is 0 Å². The van der Waals surface area contributed by atoms with Crippen LogP contribution in [0.3, 0.4) is 0 Å². The van der Waals surface area contributed by atoms with Crippen LogP contribution in [0.15, 0.2) is 0 Å². The molecule has 0 amide bonds. The van der Waals surface area contributed by atoms with Gasteiger partial charge in [0.15, 0.2) is 0 Å². The second-order valence-electron chi connectivity index (χ2n) is 0. The molecule has 0 rings (SSSR count). The van der Waals surface area contributed by atoms with Crippen molar-refractivity contribution >= 4 is 0 Å². The number of halogens is 4. The van der Waals surface area contributed by atoms with Gasteiger partial charge in [-0.1, -0.05) is 0 Å². The molecule has 6 heavy (non-hydrogen) atoms. The van der Waals surface area contributed by atoms with Crippen LogP contribution in [0.25, 0.3) is 0 Å². The van der Waals surface area contributed by atoms with Gasteiger partial charge < -0.3 is 49.6 Å². The topological polar surface area (TPSA) is 0 Å². The summed E-state index contributed by atoms with van der Waals surface area (Å²) in [5, 5.41) is 0. The van der Waals surface area contributed by atoms with Gasteiger partial charge in [-0.3, -0.25) is 0 Å². The Morgan fingerprint density at radius 3 is 0.500 bits per heavy atom. The molecule has 0 saturated carbocycles. The summed E-state index contributed by atoms with van der Waals surface area (Å²) in [5.41, 5.74) is 0. The molecule has 0 heterocycles. The average molecular weight is 256 g/mol. The summed E-state index contributed by atoms with van der Waals surface area (Å²) < 4.78 is 0. The van der Waals surface area contributed by atoms with E-state index in [2.05, 4.69) is 0 Å². The Hall–Kier alpha value is 2.19. The number of hydrogen-bond donors (Lipinski definition) is 0. The van der Waals surface area contributed by atoms with E-state index in [0.29, 0.717) is 0 Å². The molecule has 0 aliphatic rings. The molecule has 0 spiro atoms. The second kappa shape index (κ2) is 57.5. The Bertz CT molecular complexity index is 7.51. The molecule has 0 unspecified atom stereocenters. The molecule has 0 atom stereocenters. The van der Waals surface area contributed by atoms with Crippen LogP contribution in [0.4, 0.5) is 0 Å². The summed E-state index contributed by atoms with van der Waals surface area (Å²) in [6.07, 6.45) is 0. The summed E-state index contributed by atoms with van der Waals surface area (Å²) in [5.74, 6) is 0. The fourth-order valence-corrected chi connectivity index (χ4v) is 0. The minimum absolute atomic E-state index is 0. The van der Waals surface area contributed by atoms with Gasteiger partial charge >= 0.3 is 33.8 Å². The van der Waals surface area contributed by atoms with Crippen molar-refractivity contribution in [1.29, 1.82) is 0 Å². The minimum Gasteiger partial charge on any atom is -1.00 e. The molecular formula is Cl4CoMn. The minimum atomic E-state index is 0. The molecule has 0 nitrogen and oxygen atoms in total. The Balaban J connectivity index is 0. The first kappa shape index (κ1) is 88.5. The van der Waals surface area contributed by atoms with Gasteiger partial charge in [0.1, 0.15) is 0 Å². The first-order valence-corrected chi connectivity index (χ1v) is 0. The standard InChI is InChI=1S/4ClH.Co.Mn/h4*1H;;/q;;;;2*+2/p-4. The fourth-order valence-electron chi connectivity index (χ4n) is 0. The third-order valence-corrected chi connectivity index (χ3v) is 0. The van der Waals surface area contributed by atoms with Crippen molar-refractivity contribution in [3.8, 4) is 0 Å². The van der Waals surface area contributed by atoms with E-state index in [1.165, 1.54) is 0 Å². The summed E-state index contributed by atoms with van der Waals surface area (Å²) in [7, 11) is 0. The summed E-state index contributed by atoms with van der Waals surface area (Å²) in [4.78, 5) is 0. The van der Waals surface area contributed by atoms with Crippen molar-refractivity contribution in [2.75, 3.05) is 0 Å². The Labute approximate surface area is 82.9 Å². The predicted molar refractivity (Wildman–Crippen MR) is 0 cm³/mol. The van der Waals surface area contributed by atoms with Gasteiger partial charge in [-0.15, -0.1) is 0 Å². The van der Waals surface area contributed by atoms with E-state index >= 15 is 0 Å². The molecule has 0 aliphatic heterocycles. The maximum absolute atomic E-state index is 0. The monoisotopic (exact) mass is 254 g/mol. The molecule has 2 radical (unpaired) electrons. The fraction of sp³-hybridized carbons (Fsp3) is 0. The van der Waals surface area contributed by atoms with Crippen molar-refractivity contribution in [3.05, 3.63) is 0 Å². The van der Waals surface area contributed by atoms with Crippen molar-refractivity contribution in [3.63, 3.8) is 0 Å². The Morgan fingerprint density at radius 1 is 0.500 bits per heavy atom. The SMILES string of the molecule is [Cl-].[Cl-].[Cl-].[Cl-].[Co+2].[Mn+2]. The molecule has 0 aromatic rings. The van der Waals surface area contributed by atoms with Crippen molar-refractivity contribution in [2.45, 2.75) is 0 Å². The molecule has 44 valence electrons. The van der Waals surface area contributed by atoms with E-state index in [4.69, 9.17) is 0 Å². The maximum atomic E-state index is 0. The second-order valence-corrected chi connectivity index (χ2v) is 0. The van der Waals surface area contributed by atoms with Gasteiger partial charge in [-0.2, -0.15) is 0 Å². The van der Waals surface area contributed by atoms with Crippen LogP contribution in [0, 0.1) is 0 Å². The zero-order chi connectivity index (χ0) is 0. The van der Waals surface area contributed by atoms with E-state index in [1.54, 1.807) is 0 Å². The summed E-state index contributed by atoms with van der Waals surface area (Å²) >= 11 is 0. The smallest absolute Gasteiger partial charge is 1.00 e. The van der Waals surface area contributed by atoms with E-state index in [9.17, 15) is 0 Å². The third-order valence-electron chi connectivity index (χ3n) is 0. The van der Waals surface area contributed by atoms with Gasteiger partial charge in [-0.25, -0.2) is 0 Å². The average Bonchev–Trinajstić information content (AvgIpc) is 0. The zero-order valence-corrected chi connectivity index (χ0v) is 7.47. The molecule has 0 N–H and O–H groups in total. The van der Waals surface area contributed by atoms with Crippen LogP contribution in [0.1, 0.15) is 0 Å². The van der Waals surface area contributed by atoms with Crippen LogP contribution in [-0.2, 0) is 33.8 Å². The van der Waals surface area contributed by atoms with Gasteiger partial charge in [0.05, 0.1) is 0 Å². The number of hydrogen-bond acceptors (Lipinski definition) is 0. The van der Waals surface area contributed by atoms with Crippen LogP contribution in [-0.4, -0.2) is 0 Å². The molecule has 0 fully saturated rings. The quantitative estimate of drug-likeness (QED) is 0.377. The molecule has 0 bridgehead atoms. The van der Waals surface area contributed by atoms with Crippen LogP contribution >= 0.6 is 0 Å². The van der Waals surface area contributed by atoms with Crippen molar-refractivity contribution < 1.29 is 83.5 Å². The van der Waals surface area contributed by atoms with Crippen molar-refractivity contribution in [2.24, 2.45) is 0 Å². The van der Waals surface area contributed by atoms with E-state index in [-0.39, 0.29) is 83.5 Å². The van der Waals surface area contributed by atoms with Crippen LogP contribution in [0.5, 0.6) is 0 Å². The van der Waals surface area contributed by atoms with E-state index in [0.717, 1.165) is 0 Å². The molecule has 0 aromatic carbocycles. The molecule has 0 saturated heterocycles. The van der Waals surface area contributed by atoms with Gasteiger partial charge in [0.2, 0.25) is 0 Å². The molecule has 6 heteroatoms. The third kappa shape index (κ3) is 34.8. The largest absolute Gasteiger partial charge is 2.00 e. The van der Waals surface area contributed by atoms with E-state index in [1.807, 2.05) is 0 Å². The zero-order valence-electron chi connectivity index (χ0n) is 2.22. The molecular weight excluding hydrogens is 256 g/mol. The molecule has 0 aliphatic carbocycles. The predicted octanol–water partition coefficient (Wildman–Crippen LogP) is -12.0. The van der Waals surface area contributed by atoms with Crippen LogP contribution < -0.4 is 49.6 Å². The Kier molecular flexibility index (Phi) is 848. The Morgan fingerprint density at radius 2 is 0.500 bits per heavy atom. The number of rotatable bonds is 0. The molecule has 0 aromatic heterocycles. The summed E-state index contributed by atoms with van der Waals surface area (Å²) in [6, 6.07) is 0. The van der Waals surface area contributed by atoms with Gasteiger partial charge in [-0.05, 0) is 0 Å². The van der Waals surface area contributed by atoms with Gasteiger partial charge in [0.25, 0.3) is 0 Å². The van der Waals surface area contributed by atoms with E-state index < -0.39 is 0 Å².